The first-order chi connectivity index (χ1) is 11.9. The maximum atomic E-state index is 13.9. The predicted octanol–water partition coefficient (Wildman–Crippen LogP) is 1.98. The van der Waals surface area contributed by atoms with Crippen LogP contribution in [-0.4, -0.2) is 33.5 Å². The summed E-state index contributed by atoms with van der Waals surface area (Å²) in [5.41, 5.74) is 0.299. The minimum Gasteiger partial charge on any atom is -0.326 e. The molecular weight excluding hydrogens is 345 g/mol. The van der Waals surface area contributed by atoms with Gasteiger partial charge in [0.2, 0.25) is 15.9 Å². The van der Waals surface area contributed by atoms with E-state index in [0.717, 1.165) is 51.3 Å². The van der Waals surface area contributed by atoms with E-state index in [-0.39, 0.29) is 11.9 Å². The zero-order chi connectivity index (χ0) is 17.9. The van der Waals surface area contributed by atoms with Crippen LogP contribution in [0.25, 0.3) is 0 Å². The summed E-state index contributed by atoms with van der Waals surface area (Å²) in [4.78, 5) is 11.7. The molecule has 1 aromatic carbocycles. The molecule has 138 valence electrons. The Kier molecular flexibility index (Phi) is 5.71. The topological polar surface area (TPSA) is 87.3 Å². The third kappa shape index (κ3) is 5.23. The van der Waals surface area contributed by atoms with Crippen molar-refractivity contribution < 1.29 is 17.6 Å². The minimum absolute atomic E-state index is 0.104. The molecule has 0 unspecified atom stereocenters. The Morgan fingerprint density at radius 1 is 1.20 bits per heavy atom. The van der Waals surface area contributed by atoms with Gasteiger partial charge in [-0.1, -0.05) is 0 Å². The Morgan fingerprint density at radius 2 is 1.92 bits per heavy atom. The van der Waals surface area contributed by atoms with Crippen molar-refractivity contribution in [3.05, 3.63) is 24.0 Å². The molecular formula is C17H24FN3O3S. The van der Waals surface area contributed by atoms with Crippen molar-refractivity contribution in [3.8, 4) is 0 Å². The van der Waals surface area contributed by atoms with Gasteiger partial charge in [0.1, 0.15) is 10.7 Å². The Morgan fingerprint density at radius 3 is 2.60 bits per heavy atom. The summed E-state index contributed by atoms with van der Waals surface area (Å²) in [6.07, 6.45) is 4.87. The first-order valence-electron chi connectivity index (χ1n) is 8.76. The highest BCUT2D eigenvalue weighted by Gasteiger charge is 2.29. The molecule has 1 amide bonds. The van der Waals surface area contributed by atoms with Crippen LogP contribution in [-0.2, 0) is 14.8 Å². The standard InChI is InChI=1S/C17H24FN3O3S/c18-15-5-4-14(11-16(15)25(23,24)21-13-2-3-13)20-17(22)6-1-12-7-9-19-10-8-12/h4-5,11-13,19,21H,1-3,6-10H2,(H,20,22). The smallest absolute Gasteiger partial charge is 0.243 e. The summed E-state index contributed by atoms with van der Waals surface area (Å²) in [7, 11) is -3.90. The fourth-order valence-corrected chi connectivity index (χ4v) is 4.41. The van der Waals surface area contributed by atoms with Crippen molar-refractivity contribution in [3.63, 3.8) is 0 Å². The Hall–Kier alpha value is -1.51. The highest BCUT2D eigenvalue weighted by atomic mass is 32.2. The van der Waals surface area contributed by atoms with E-state index < -0.39 is 20.7 Å². The molecule has 1 saturated heterocycles. The molecule has 3 N–H and O–H groups in total. The number of hydrogen-bond acceptors (Lipinski definition) is 4. The van der Waals surface area contributed by atoms with E-state index in [1.807, 2.05) is 0 Å². The molecule has 0 spiro atoms. The van der Waals surface area contributed by atoms with Crippen LogP contribution < -0.4 is 15.4 Å². The number of hydrogen-bond donors (Lipinski definition) is 3. The van der Waals surface area contributed by atoms with E-state index >= 15 is 0 Å². The lowest BCUT2D eigenvalue weighted by Gasteiger charge is -2.22. The average molecular weight is 369 g/mol. The molecule has 6 nitrogen and oxygen atoms in total. The third-order valence-electron chi connectivity index (χ3n) is 4.64. The highest BCUT2D eigenvalue weighted by molar-refractivity contribution is 7.89. The molecule has 8 heteroatoms. The van der Waals surface area contributed by atoms with Crippen molar-refractivity contribution in [2.45, 2.75) is 49.5 Å². The second kappa shape index (κ2) is 7.80. The van der Waals surface area contributed by atoms with E-state index in [4.69, 9.17) is 0 Å². The fraction of sp³-hybridized carbons (Fsp3) is 0.588. The van der Waals surface area contributed by atoms with Gasteiger partial charge < -0.3 is 10.6 Å². The van der Waals surface area contributed by atoms with Gasteiger partial charge in [-0.05, 0) is 69.3 Å². The lowest BCUT2D eigenvalue weighted by molar-refractivity contribution is -0.116. The van der Waals surface area contributed by atoms with Crippen LogP contribution in [0.15, 0.2) is 23.1 Å². The summed E-state index contributed by atoms with van der Waals surface area (Å²) < 4.78 is 40.8. The van der Waals surface area contributed by atoms with E-state index in [2.05, 4.69) is 15.4 Å². The summed E-state index contributed by atoms with van der Waals surface area (Å²) in [5.74, 6) is -0.455. The quantitative estimate of drug-likeness (QED) is 0.686. The predicted molar refractivity (Wildman–Crippen MR) is 93.2 cm³/mol. The Balaban J connectivity index is 1.60. The molecule has 25 heavy (non-hydrogen) atoms. The normalized spacial score (nSPS) is 18.9. The number of amides is 1. The van der Waals surface area contributed by atoms with Crippen LogP contribution in [0, 0.1) is 11.7 Å². The highest BCUT2D eigenvalue weighted by Crippen LogP contribution is 2.25. The number of benzene rings is 1. The summed E-state index contributed by atoms with van der Waals surface area (Å²) >= 11 is 0. The second-order valence-corrected chi connectivity index (χ2v) is 8.50. The molecule has 1 aliphatic carbocycles. The second-order valence-electron chi connectivity index (χ2n) is 6.82. The van der Waals surface area contributed by atoms with Gasteiger partial charge in [0.15, 0.2) is 0 Å². The van der Waals surface area contributed by atoms with Crippen LogP contribution in [0.2, 0.25) is 0 Å². The third-order valence-corrected chi connectivity index (χ3v) is 6.18. The molecule has 0 atom stereocenters. The van der Waals surface area contributed by atoms with Crippen LogP contribution in [0.4, 0.5) is 10.1 Å². The molecule has 0 radical (unpaired) electrons. The largest absolute Gasteiger partial charge is 0.326 e. The molecule has 0 aromatic heterocycles. The van der Waals surface area contributed by atoms with Gasteiger partial charge in [-0.2, -0.15) is 0 Å². The van der Waals surface area contributed by atoms with E-state index in [9.17, 15) is 17.6 Å². The monoisotopic (exact) mass is 369 g/mol. The zero-order valence-corrected chi connectivity index (χ0v) is 14.9. The molecule has 3 rings (SSSR count). The number of piperidine rings is 1. The number of anilines is 1. The number of sulfonamides is 1. The molecule has 2 fully saturated rings. The van der Waals surface area contributed by atoms with Gasteiger partial charge in [0, 0.05) is 18.2 Å². The average Bonchev–Trinajstić information content (AvgIpc) is 3.39. The van der Waals surface area contributed by atoms with Gasteiger partial charge in [0.25, 0.3) is 0 Å². The van der Waals surface area contributed by atoms with Gasteiger partial charge in [-0.3, -0.25) is 4.79 Å². The van der Waals surface area contributed by atoms with Crippen LogP contribution in [0.5, 0.6) is 0 Å². The number of nitrogens with one attached hydrogen (secondary N) is 3. The van der Waals surface area contributed by atoms with E-state index in [1.165, 1.54) is 12.1 Å². The Bertz CT molecular complexity index is 729. The first kappa shape index (κ1) is 18.3. The van der Waals surface area contributed by atoms with Crippen LogP contribution in [0.1, 0.15) is 38.5 Å². The molecule has 0 bridgehead atoms. The number of rotatable bonds is 7. The van der Waals surface area contributed by atoms with Crippen LogP contribution >= 0.6 is 0 Å². The molecule has 1 saturated carbocycles. The lowest BCUT2D eigenvalue weighted by Crippen LogP contribution is -2.28. The molecule has 1 heterocycles. The Labute approximate surface area is 147 Å². The van der Waals surface area contributed by atoms with Gasteiger partial charge >= 0.3 is 0 Å². The lowest BCUT2D eigenvalue weighted by atomic mass is 9.93. The maximum absolute atomic E-state index is 13.9. The van der Waals surface area contributed by atoms with E-state index in [0.29, 0.717) is 18.0 Å². The fourth-order valence-electron chi connectivity index (χ4n) is 3.00. The minimum atomic E-state index is -3.90. The summed E-state index contributed by atoms with van der Waals surface area (Å²) in [6, 6.07) is 3.54. The molecule has 1 aromatic rings. The van der Waals surface area contributed by atoms with Crippen molar-refractivity contribution in [1.82, 2.24) is 10.0 Å². The summed E-state index contributed by atoms with van der Waals surface area (Å²) in [5, 5.41) is 5.96. The van der Waals surface area contributed by atoms with Crippen molar-refractivity contribution in [2.75, 3.05) is 18.4 Å². The van der Waals surface area contributed by atoms with Crippen molar-refractivity contribution in [2.24, 2.45) is 5.92 Å². The van der Waals surface area contributed by atoms with E-state index in [1.54, 1.807) is 0 Å². The first-order valence-corrected chi connectivity index (χ1v) is 10.2. The number of carbonyl (C=O) groups excluding carboxylic acids is 1. The van der Waals surface area contributed by atoms with Crippen molar-refractivity contribution in [1.29, 1.82) is 0 Å². The van der Waals surface area contributed by atoms with Gasteiger partial charge in [-0.25, -0.2) is 17.5 Å². The zero-order valence-electron chi connectivity index (χ0n) is 14.1. The van der Waals surface area contributed by atoms with Gasteiger partial charge in [-0.15, -0.1) is 0 Å². The number of carbonyl (C=O) groups is 1. The molecule has 1 aliphatic heterocycles. The van der Waals surface area contributed by atoms with Gasteiger partial charge in [0.05, 0.1) is 0 Å². The summed E-state index contributed by atoms with van der Waals surface area (Å²) in [6.45, 7) is 1.97. The van der Waals surface area contributed by atoms with Crippen molar-refractivity contribution >= 4 is 21.6 Å². The SMILES string of the molecule is O=C(CCC1CCNCC1)Nc1ccc(F)c(S(=O)(=O)NC2CC2)c1. The molecule has 2 aliphatic rings. The van der Waals surface area contributed by atoms with Crippen LogP contribution in [0.3, 0.4) is 0 Å². The number of halogens is 1. The maximum Gasteiger partial charge on any atom is 0.243 e.